The normalized spacial score (nSPS) is 16.1. The van der Waals surface area contributed by atoms with E-state index in [2.05, 4.69) is 6.58 Å². The second-order valence-electron chi connectivity index (χ2n) is 3.20. The lowest BCUT2D eigenvalue weighted by molar-refractivity contribution is -0.149. The van der Waals surface area contributed by atoms with Crippen molar-refractivity contribution in [3.8, 4) is 0 Å². The summed E-state index contributed by atoms with van der Waals surface area (Å²) in [4.78, 5) is 34.4. The number of amides is 3. The van der Waals surface area contributed by atoms with Crippen LogP contribution in [0.3, 0.4) is 0 Å². The minimum atomic E-state index is -0.376. The van der Waals surface area contributed by atoms with Crippen molar-refractivity contribution in [2.75, 3.05) is 0 Å². The summed E-state index contributed by atoms with van der Waals surface area (Å²) in [6.07, 6.45) is 3.66. The highest BCUT2D eigenvalue weighted by Gasteiger charge is 2.33. The van der Waals surface area contributed by atoms with Gasteiger partial charge in [-0.2, -0.15) is 0 Å². The molecule has 0 bridgehead atoms. The van der Waals surface area contributed by atoms with E-state index in [1.807, 2.05) is 0 Å². The van der Waals surface area contributed by atoms with Gasteiger partial charge in [-0.25, -0.2) is 4.90 Å². The molecule has 76 valence electrons. The first-order valence-corrected chi connectivity index (χ1v) is 4.66. The molecule has 0 aromatic carbocycles. The van der Waals surface area contributed by atoms with E-state index in [0.29, 0.717) is 6.42 Å². The molecule has 0 saturated carbocycles. The molecule has 1 aliphatic heterocycles. The molecule has 0 aromatic rings. The summed E-state index contributed by atoms with van der Waals surface area (Å²) in [5.41, 5.74) is 0. The lowest BCUT2D eigenvalue weighted by Gasteiger charge is -2.10. The summed E-state index contributed by atoms with van der Waals surface area (Å²) in [7, 11) is 0. The van der Waals surface area contributed by atoms with Gasteiger partial charge >= 0.3 is 0 Å². The summed E-state index contributed by atoms with van der Waals surface area (Å²) < 4.78 is 0. The minimum Gasteiger partial charge on any atom is -0.274 e. The molecule has 1 fully saturated rings. The van der Waals surface area contributed by atoms with Gasteiger partial charge in [0.2, 0.25) is 17.7 Å². The van der Waals surface area contributed by atoms with Gasteiger partial charge in [0, 0.05) is 19.3 Å². The fraction of sp³-hybridized carbons (Fsp3) is 0.500. The van der Waals surface area contributed by atoms with E-state index >= 15 is 0 Å². The number of unbranched alkanes of at least 4 members (excludes halogenated alkanes) is 1. The van der Waals surface area contributed by atoms with Crippen LogP contribution < -0.4 is 0 Å². The molecule has 0 unspecified atom stereocenters. The van der Waals surface area contributed by atoms with Gasteiger partial charge in [0.25, 0.3) is 0 Å². The zero-order chi connectivity index (χ0) is 10.6. The van der Waals surface area contributed by atoms with Gasteiger partial charge in [0.1, 0.15) is 0 Å². The van der Waals surface area contributed by atoms with E-state index in [1.54, 1.807) is 6.08 Å². The Labute approximate surface area is 82.6 Å². The number of carbonyl (C=O) groups excluding carboxylic acids is 3. The van der Waals surface area contributed by atoms with Gasteiger partial charge in [-0.05, 0) is 12.8 Å². The molecule has 1 saturated heterocycles. The van der Waals surface area contributed by atoms with Crippen LogP contribution in [-0.2, 0) is 14.4 Å². The molecule has 4 nitrogen and oxygen atoms in total. The van der Waals surface area contributed by atoms with Crippen LogP contribution in [0.4, 0.5) is 0 Å². The highest BCUT2D eigenvalue weighted by atomic mass is 16.2. The quantitative estimate of drug-likeness (QED) is 0.382. The molecule has 0 aliphatic carbocycles. The van der Waals surface area contributed by atoms with Gasteiger partial charge in [0.05, 0.1) is 0 Å². The molecule has 0 radical (unpaired) electrons. The second-order valence-corrected chi connectivity index (χ2v) is 3.20. The summed E-state index contributed by atoms with van der Waals surface area (Å²) in [5.74, 6) is -1.10. The topological polar surface area (TPSA) is 54.5 Å². The Morgan fingerprint density at radius 3 is 2.43 bits per heavy atom. The SMILES string of the molecule is C=CCCCC(=O)N1C(=O)CCC1=O. The number of imide groups is 3. The maximum absolute atomic E-state index is 11.4. The van der Waals surface area contributed by atoms with Gasteiger partial charge in [-0.15, -0.1) is 6.58 Å². The fourth-order valence-corrected chi connectivity index (χ4v) is 1.36. The first-order chi connectivity index (χ1) is 6.66. The monoisotopic (exact) mass is 195 g/mol. The zero-order valence-electron chi connectivity index (χ0n) is 7.99. The summed E-state index contributed by atoms with van der Waals surface area (Å²) in [6.45, 7) is 3.53. The Morgan fingerprint density at radius 1 is 1.36 bits per heavy atom. The van der Waals surface area contributed by atoms with Crippen LogP contribution in [0, 0.1) is 0 Å². The number of carbonyl (C=O) groups is 3. The van der Waals surface area contributed by atoms with E-state index in [1.165, 1.54) is 0 Å². The Kier molecular flexibility index (Phi) is 3.56. The molecule has 4 heteroatoms. The summed E-state index contributed by atoms with van der Waals surface area (Å²) in [5, 5.41) is 0. The van der Waals surface area contributed by atoms with E-state index < -0.39 is 0 Å². The highest BCUT2D eigenvalue weighted by molar-refractivity contribution is 6.14. The van der Waals surface area contributed by atoms with Crippen molar-refractivity contribution in [1.82, 2.24) is 4.90 Å². The van der Waals surface area contributed by atoms with Crippen molar-refractivity contribution in [3.05, 3.63) is 12.7 Å². The maximum Gasteiger partial charge on any atom is 0.236 e. The Bertz CT molecular complexity index is 267. The van der Waals surface area contributed by atoms with E-state index in [-0.39, 0.29) is 37.0 Å². The molecular formula is C10H13NO3. The molecule has 0 aromatic heterocycles. The van der Waals surface area contributed by atoms with Crippen molar-refractivity contribution < 1.29 is 14.4 Å². The molecule has 3 amide bonds. The third-order valence-corrected chi connectivity index (χ3v) is 2.10. The van der Waals surface area contributed by atoms with E-state index in [0.717, 1.165) is 11.3 Å². The van der Waals surface area contributed by atoms with Crippen molar-refractivity contribution in [1.29, 1.82) is 0 Å². The first kappa shape index (κ1) is 10.6. The Hall–Kier alpha value is -1.45. The van der Waals surface area contributed by atoms with Crippen molar-refractivity contribution >= 4 is 17.7 Å². The maximum atomic E-state index is 11.4. The van der Waals surface area contributed by atoms with Crippen molar-refractivity contribution in [2.45, 2.75) is 32.1 Å². The van der Waals surface area contributed by atoms with Gasteiger partial charge in [-0.3, -0.25) is 14.4 Å². The molecular weight excluding hydrogens is 182 g/mol. The average Bonchev–Trinajstić information content (AvgIpc) is 2.46. The number of hydrogen-bond donors (Lipinski definition) is 0. The van der Waals surface area contributed by atoms with Crippen molar-refractivity contribution in [3.63, 3.8) is 0 Å². The molecule has 0 N–H and O–H groups in total. The van der Waals surface area contributed by atoms with Crippen LogP contribution in [-0.4, -0.2) is 22.6 Å². The minimum absolute atomic E-state index is 0.173. The molecule has 14 heavy (non-hydrogen) atoms. The molecule has 1 rings (SSSR count). The molecule has 1 aliphatic rings. The van der Waals surface area contributed by atoms with E-state index in [4.69, 9.17) is 0 Å². The van der Waals surface area contributed by atoms with Gasteiger partial charge < -0.3 is 0 Å². The van der Waals surface area contributed by atoms with Crippen LogP contribution in [0.25, 0.3) is 0 Å². The second kappa shape index (κ2) is 4.69. The van der Waals surface area contributed by atoms with Gasteiger partial charge in [0.15, 0.2) is 0 Å². The Balaban J connectivity index is 2.47. The molecule has 0 spiro atoms. The Morgan fingerprint density at radius 2 is 1.93 bits per heavy atom. The number of nitrogens with zero attached hydrogens (tertiary/aromatic N) is 1. The average molecular weight is 195 g/mol. The number of rotatable bonds is 4. The van der Waals surface area contributed by atoms with Gasteiger partial charge in [-0.1, -0.05) is 6.08 Å². The van der Waals surface area contributed by atoms with Crippen LogP contribution >= 0.6 is 0 Å². The van der Waals surface area contributed by atoms with Crippen LogP contribution in [0.2, 0.25) is 0 Å². The lowest BCUT2D eigenvalue weighted by atomic mass is 10.2. The predicted octanol–water partition coefficient (Wildman–Crippen LogP) is 1.02. The summed E-state index contributed by atoms with van der Waals surface area (Å²) in [6, 6.07) is 0. The molecule has 0 atom stereocenters. The molecule has 1 heterocycles. The first-order valence-electron chi connectivity index (χ1n) is 4.66. The fourth-order valence-electron chi connectivity index (χ4n) is 1.36. The number of likely N-dealkylation sites (tertiary alicyclic amines) is 1. The van der Waals surface area contributed by atoms with Crippen LogP contribution in [0.5, 0.6) is 0 Å². The smallest absolute Gasteiger partial charge is 0.236 e. The number of hydrogen-bond acceptors (Lipinski definition) is 3. The lowest BCUT2D eigenvalue weighted by Crippen LogP contribution is -2.35. The zero-order valence-corrected chi connectivity index (χ0v) is 7.99. The number of allylic oxidation sites excluding steroid dienone is 1. The van der Waals surface area contributed by atoms with Crippen LogP contribution in [0.1, 0.15) is 32.1 Å². The predicted molar refractivity (Wildman–Crippen MR) is 50.1 cm³/mol. The van der Waals surface area contributed by atoms with Crippen molar-refractivity contribution in [2.24, 2.45) is 0 Å². The third kappa shape index (κ3) is 2.28. The highest BCUT2D eigenvalue weighted by Crippen LogP contribution is 2.14. The van der Waals surface area contributed by atoms with Crippen LogP contribution in [0.15, 0.2) is 12.7 Å². The summed E-state index contributed by atoms with van der Waals surface area (Å²) >= 11 is 0. The standard InChI is InChI=1S/C10H13NO3/c1-2-3-4-5-8(12)11-9(13)6-7-10(11)14/h2H,1,3-7H2. The third-order valence-electron chi connectivity index (χ3n) is 2.10. The van der Waals surface area contributed by atoms with E-state index in [9.17, 15) is 14.4 Å². The largest absolute Gasteiger partial charge is 0.274 e.